The summed E-state index contributed by atoms with van der Waals surface area (Å²) >= 11 is 0. The van der Waals surface area contributed by atoms with Crippen LogP contribution in [0, 0.1) is 11.8 Å². The first-order chi connectivity index (χ1) is 6.10. The summed E-state index contributed by atoms with van der Waals surface area (Å²) in [5.74, 6) is -0.396. The molecule has 0 saturated carbocycles. The molecule has 2 unspecified atom stereocenters. The van der Waals surface area contributed by atoms with Crippen molar-refractivity contribution in [1.82, 2.24) is 0 Å². The Morgan fingerprint density at radius 1 is 1.23 bits per heavy atom. The normalized spacial score (nSPS) is 15.1. The lowest BCUT2D eigenvalue weighted by Gasteiger charge is -2.10. The van der Waals surface area contributed by atoms with Crippen LogP contribution in [0.1, 0.15) is 20.3 Å². The van der Waals surface area contributed by atoms with Crippen LogP contribution in [0.15, 0.2) is 0 Å². The topological polar surface area (TPSA) is 66.8 Å². The molecule has 0 rings (SSSR count). The van der Waals surface area contributed by atoms with Gasteiger partial charge in [0.2, 0.25) is 0 Å². The molecule has 4 heteroatoms. The maximum Gasteiger partial charge on any atom is 0.306 e. The quantitative estimate of drug-likeness (QED) is 0.586. The molecule has 0 saturated heterocycles. The second kappa shape index (κ2) is 6.86. The van der Waals surface area contributed by atoms with Crippen LogP contribution in [0.3, 0.4) is 0 Å². The Morgan fingerprint density at radius 3 is 2.23 bits per heavy atom. The Labute approximate surface area is 78.5 Å². The van der Waals surface area contributed by atoms with Gasteiger partial charge in [-0.1, -0.05) is 13.8 Å². The maximum atomic E-state index is 11.0. The van der Waals surface area contributed by atoms with Gasteiger partial charge >= 0.3 is 5.97 Å². The zero-order valence-electron chi connectivity index (χ0n) is 8.19. The summed E-state index contributed by atoms with van der Waals surface area (Å²) in [6, 6.07) is 0. The zero-order chi connectivity index (χ0) is 10.3. The van der Waals surface area contributed by atoms with Gasteiger partial charge in [-0.3, -0.25) is 4.79 Å². The maximum absolute atomic E-state index is 11.0. The van der Waals surface area contributed by atoms with Crippen LogP contribution in [0.2, 0.25) is 0 Å². The third kappa shape index (κ3) is 6.54. The van der Waals surface area contributed by atoms with Crippen LogP contribution in [0.4, 0.5) is 0 Å². The van der Waals surface area contributed by atoms with Gasteiger partial charge in [-0.05, 0) is 5.92 Å². The number of aliphatic hydroxyl groups is 2. The van der Waals surface area contributed by atoms with Gasteiger partial charge in [0.15, 0.2) is 0 Å². The average molecular weight is 190 g/mol. The molecule has 0 amide bonds. The zero-order valence-corrected chi connectivity index (χ0v) is 8.19. The smallest absolute Gasteiger partial charge is 0.306 e. The summed E-state index contributed by atoms with van der Waals surface area (Å²) < 4.78 is 4.86. The molecule has 0 aromatic carbocycles. The summed E-state index contributed by atoms with van der Waals surface area (Å²) in [6.45, 7) is 3.82. The SMILES string of the molecule is CC(CO)COC(=O)CC(C)CO. The molecular weight excluding hydrogens is 172 g/mol. The summed E-state index contributed by atoms with van der Waals surface area (Å²) in [5, 5.41) is 17.3. The Bertz CT molecular complexity index is 147. The molecule has 2 N–H and O–H groups in total. The van der Waals surface area contributed by atoms with Crippen molar-refractivity contribution in [2.24, 2.45) is 11.8 Å². The highest BCUT2D eigenvalue weighted by atomic mass is 16.5. The van der Waals surface area contributed by atoms with Crippen molar-refractivity contribution in [3.63, 3.8) is 0 Å². The lowest BCUT2D eigenvalue weighted by atomic mass is 10.1. The monoisotopic (exact) mass is 190 g/mol. The third-order valence-corrected chi connectivity index (χ3v) is 1.67. The van der Waals surface area contributed by atoms with Gasteiger partial charge in [0, 0.05) is 19.1 Å². The van der Waals surface area contributed by atoms with Crippen LogP contribution in [0.5, 0.6) is 0 Å². The predicted molar refractivity (Wildman–Crippen MR) is 48.1 cm³/mol. The highest BCUT2D eigenvalue weighted by Gasteiger charge is 2.10. The number of hydrogen-bond donors (Lipinski definition) is 2. The van der Waals surface area contributed by atoms with E-state index in [0.29, 0.717) is 0 Å². The van der Waals surface area contributed by atoms with Gasteiger partial charge in [-0.2, -0.15) is 0 Å². The number of rotatable bonds is 6. The van der Waals surface area contributed by atoms with Crippen molar-refractivity contribution in [2.45, 2.75) is 20.3 Å². The molecule has 2 atom stereocenters. The van der Waals surface area contributed by atoms with Crippen LogP contribution in [-0.2, 0) is 9.53 Å². The molecule has 0 aliphatic heterocycles. The molecule has 4 nitrogen and oxygen atoms in total. The molecule has 0 fully saturated rings. The molecule has 0 bridgehead atoms. The van der Waals surface area contributed by atoms with Crippen LogP contribution >= 0.6 is 0 Å². The average Bonchev–Trinajstić information content (AvgIpc) is 2.13. The molecule has 0 spiro atoms. The molecule has 0 aliphatic carbocycles. The van der Waals surface area contributed by atoms with E-state index in [1.807, 2.05) is 0 Å². The van der Waals surface area contributed by atoms with E-state index < -0.39 is 0 Å². The fourth-order valence-corrected chi connectivity index (χ4v) is 0.696. The van der Waals surface area contributed by atoms with Gasteiger partial charge in [-0.25, -0.2) is 0 Å². The van der Waals surface area contributed by atoms with Gasteiger partial charge in [0.1, 0.15) is 0 Å². The number of hydrogen-bond acceptors (Lipinski definition) is 4. The second-order valence-corrected chi connectivity index (χ2v) is 3.46. The Morgan fingerprint density at radius 2 is 1.77 bits per heavy atom. The van der Waals surface area contributed by atoms with Gasteiger partial charge in [0.25, 0.3) is 0 Å². The molecule has 13 heavy (non-hydrogen) atoms. The van der Waals surface area contributed by atoms with Crippen molar-refractivity contribution in [3.05, 3.63) is 0 Å². The Hall–Kier alpha value is -0.610. The highest BCUT2D eigenvalue weighted by Crippen LogP contribution is 2.03. The van der Waals surface area contributed by atoms with Gasteiger partial charge in [0.05, 0.1) is 13.0 Å². The van der Waals surface area contributed by atoms with E-state index in [-0.39, 0.29) is 44.0 Å². The summed E-state index contributed by atoms with van der Waals surface area (Å²) in [4.78, 5) is 11.0. The number of ether oxygens (including phenoxy) is 1. The fourth-order valence-electron chi connectivity index (χ4n) is 0.696. The Balaban J connectivity index is 3.51. The lowest BCUT2D eigenvalue weighted by molar-refractivity contribution is -0.146. The molecule has 0 aliphatic rings. The first-order valence-corrected chi connectivity index (χ1v) is 4.47. The summed E-state index contributed by atoms with van der Waals surface area (Å²) in [5.41, 5.74) is 0. The van der Waals surface area contributed by atoms with Gasteiger partial charge in [-0.15, -0.1) is 0 Å². The summed E-state index contributed by atoms with van der Waals surface area (Å²) in [7, 11) is 0. The van der Waals surface area contributed by atoms with E-state index in [4.69, 9.17) is 14.9 Å². The van der Waals surface area contributed by atoms with Crippen LogP contribution in [0.25, 0.3) is 0 Å². The molecule has 0 heterocycles. The van der Waals surface area contributed by atoms with E-state index in [0.717, 1.165) is 0 Å². The molecule has 0 aromatic rings. The minimum absolute atomic E-state index is 0.00927. The number of aliphatic hydroxyl groups excluding tert-OH is 2. The second-order valence-electron chi connectivity index (χ2n) is 3.46. The number of carbonyl (C=O) groups excluding carboxylic acids is 1. The van der Waals surface area contributed by atoms with Crippen LogP contribution in [-0.4, -0.2) is 36.0 Å². The van der Waals surface area contributed by atoms with Crippen LogP contribution < -0.4 is 0 Å². The van der Waals surface area contributed by atoms with Crippen molar-refractivity contribution in [1.29, 1.82) is 0 Å². The van der Waals surface area contributed by atoms with Crippen molar-refractivity contribution < 1.29 is 19.7 Å². The molecule has 78 valence electrons. The van der Waals surface area contributed by atoms with Gasteiger partial charge < -0.3 is 14.9 Å². The summed E-state index contributed by atoms with van der Waals surface area (Å²) in [6.07, 6.45) is 0.231. The standard InChI is InChI=1S/C9H18O4/c1-7(4-10)3-9(12)13-6-8(2)5-11/h7-8,10-11H,3-6H2,1-2H3. The Kier molecular flexibility index (Phi) is 6.54. The van der Waals surface area contributed by atoms with E-state index in [1.165, 1.54) is 0 Å². The van der Waals surface area contributed by atoms with E-state index in [1.54, 1.807) is 13.8 Å². The molecular formula is C9H18O4. The predicted octanol–water partition coefficient (Wildman–Crippen LogP) is 0.176. The van der Waals surface area contributed by atoms with E-state index in [2.05, 4.69) is 0 Å². The van der Waals surface area contributed by atoms with Crippen molar-refractivity contribution >= 4 is 5.97 Å². The minimum Gasteiger partial charge on any atom is -0.465 e. The fraction of sp³-hybridized carbons (Fsp3) is 0.889. The number of esters is 1. The third-order valence-electron chi connectivity index (χ3n) is 1.67. The van der Waals surface area contributed by atoms with Crippen molar-refractivity contribution in [3.8, 4) is 0 Å². The first-order valence-electron chi connectivity index (χ1n) is 4.47. The minimum atomic E-state index is -0.318. The molecule has 0 radical (unpaired) electrons. The largest absolute Gasteiger partial charge is 0.465 e. The number of carbonyl (C=O) groups is 1. The molecule has 0 aromatic heterocycles. The first kappa shape index (κ1) is 12.4. The lowest BCUT2D eigenvalue weighted by Crippen LogP contribution is -2.17. The van der Waals surface area contributed by atoms with E-state index in [9.17, 15) is 4.79 Å². The van der Waals surface area contributed by atoms with Crippen molar-refractivity contribution in [2.75, 3.05) is 19.8 Å². The highest BCUT2D eigenvalue weighted by molar-refractivity contribution is 5.69. The van der Waals surface area contributed by atoms with E-state index >= 15 is 0 Å².